The lowest BCUT2D eigenvalue weighted by Crippen LogP contribution is -2.60. The van der Waals surface area contributed by atoms with Gasteiger partial charge in [0.2, 0.25) is 15.9 Å². The van der Waals surface area contributed by atoms with Gasteiger partial charge in [-0.3, -0.25) is 9.78 Å². The molecule has 0 unspecified atom stereocenters. The molecule has 1 aliphatic heterocycles. The molecule has 0 aromatic carbocycles. The van der Waals surface area contributed by atoms with E-state index in [-0.39, 0.29) is 11.8 Å². The van der Waals surface area contributed by atoms with Gasteiger partial charge in [-0.05, 0) is 25.0 Å². The first kappa shape index (κ1) is 16.4. The van der Waals surface area contributed by atoms with Crippen LogP contribution in [0.2, 0.25) is 0 Å². The van der Waals surface area contributed by atoms with Crippen LogP contribution in [0, 0.1) is 5.92 Å². The van der Waals surface area contributed by atoms with Crippen molar-refractivity contribution in [2.45, 2.75) is 37.4 Å². The molecule has 1 amide bonds. The van der Waals surface area contributed by atoms with Gasteiger partial charge in [-0.25, -0.2) is 13.1 Å². The van der Waals surface area contributed by atoms with Crippen molar-refractivity contribution in [1.29, 1.82) is 0 Å². The van der Waals surface area contributed by atoms with Crippen molar-refractivity contribution in [2.24, 2.45) is 5.92 Å². The summed E-state index contributed by atoms with van der Waals surface area (Å²) in [4.78, 5) is 18.1. The first-order valence-corrected chi connectivity index (χ1v) is 9.78. The summed E-state index contributed by atoms with van der Waals surface area (Å²) in [6.07, 6.45) is 6.39. The van der Waals surface area contributed by atoms with Gasteiger partial charge in [0.15, 0.2) is 0 Å². The molecule has 0 radical (unpaired) electrons. The summed E-state index contributed by atoms with van der Waals surface area (Å²) in [5, 5.41) is -0.475. The zero-order valence-electron chi connectivity index (χ0n) is 13.1. The number of nitrogens with one attached hydrogen (secondary N) is 1. The van der Waals surface area contributed by atoms with Crippen LogP contribution in [0.25, 0.3) is 0 Å². The van der Waals surface area contributed by atoms with E-state index in [0.717, 1.165) is 31.4 Å². The number of hydrogen-bond acceptors (Lipinski definition) is 4. The largest absolute Gasteiger partial charge is 0.340 e. The predicted molar refractivity (Wildman–Crippen MR) is 87.2 cm³/mol. The molecule has 23 heavy (non-hydrogen) atoms. The standard InChI is InChI=1S/C16H23N3O3S/c20-16(13-5-1-2-6-13)19-11-15(12-19)23(21,22)18-10-8-14-7-3-4-9-17-14/h3-4,7,9,13,15,18H,1-2,5-6,8,10-12H2. The summed E-state index contributed by atoms with van der Waals surface area (Å²) in [7, 11) is -3.36. The lowest BCUT2D eigenvalue weighted by molar-refractivity contribution is -0.138. The molecule has 1 aromatic heterocycles. The quantitative estimate of drug-likeness (QED) is 0.838. The van der Waals surface area contributed by atoms with E-state index in [4.69, 9.17) is 0 Å². The highest BCUT2D eigenvalue weighted by molar-refractivity contribution is 7.90. The van der Waals surface area contributed by atoms with Gasteiger partial charge in [0.25, 0.3) is 0 Å². The van der Waals surface area contributed by atoms with E-state index < -0.39 is 15.3 Å². The molecule has 1 aliphatic carbocycles. The average molecular weight is 337 g/mol. The summed E-state index contributed by atoms with van der Waals surface area (Å²) in [5.41, 5.74) is 0.863. The number of carbonyl (C=O) groups is 1. The molecule has 7 heteroatoms. The first-order valence-electron chi connectivity index (χ1n) is 8.23. The predicted octanol–water partition coefficient (Wildman–Crippen LogP) is 0.944. The SMILES string of the molecule is O=C(C1CCCC1)N1CC(S(=O)(=O)NCCc2ccccn2)C1. The van der Waals surface area contributed by atoms with Crippen molar-refractivity contribution >= 4 is 15.9 Å². The maximum absolute atomic E-state index is 12.2. The molecule has 2 fully saturated rings. The molecule has 3 rings (SSSR count). The molecule has 2 heterocycles. The fourth-order valence-electron chi connectivity index (χ4n) is 3.23. The van der Waals surface area contributed by atoms with Crippen LogP contribution >= 0.6 is 0 Å². The van der Waals surface area contributed by atoms with Gasteiger partial charge in [-0.15, -0.1) is 0 Å². The Kier molecular flexibility index (Phi) is 4.96. The summed E-state index contributed by atoms with van der Waals surface area (Å²) >= 11 is 0. The number of amides is 1. The molecular formula is C16H23N3O3S. The Balaban J connectivity index is 1.43. The summed E-state index contributed by atoms with van der Waals surface area (Å²) in [5.74, 6) is 0.262. The first-order chi connectivity index (χ1) is 11.1. The third-order valence-corrected chi connectivity index (χ3v) is 6.50. The molecule has 1 saturated heterocycles. The summed E-state index contributed by atoms with van der Waals surface area (Å²) in [6, 6.07) is 5.59. The van der Waals surface area contributed by atoms with Gasteiger partial charge in [0.05, 0.1) is 0 Å². The van der Waals surface area contributed by atoms with Crippen molar-refractivity contribution in [1.82, 2.24) is 14.6 Å². The number of aromatic nitrogens is 1. The molecule has 2 aliphatic rings. The van der Waals surface area contributed by atoms with E-state index in [9.17, 15) is 13.2 Å². The lowest BCUT2D eigenvalue weighted by atomic mass is 10.0. The molecule has 126 valence electrons. The molecular weight excluding hydrogens is 314 g/mol. The molecule has 1 N–H and O–H groups in total. The number of carbonyl (C=O) groups excluding carboxylic acids is 1. The molecule has 1 aromatic rings. The van der Waals surface area contributed by atoms with E-state index in [1.54, 1.807) is 11.1 Å². The van der Waals surface area contributed by atoms with Gasteiger partial charge in [0.1, 0.15) is 5.25 Å². The third kappa shape index (κ3) is 3.90. The number of rotatable bonds is 6. The fourth-order valence-corrected chi connectivity index (χ4v) is 4.61. The third-order valence-electron chi connectivity index (χ3n) is 4.71. The van der Waals surface area contributed by atoms with Crippen LogP contribution in [-0.4, -0.2) is 49.1 Å². The highest BCUT2D eigenvalue weighted by Crippen LogP contribution is 2.29. The van der Waals surface area contributed by atoms with Gasteiger partial charge >= 0.3 is 0 Å². The van der Waals surface area contributed by atoms with Gasteiger partial charge < -0.3 is 4.90 Å². The minimum atomic E-state index is -3.36. The minimum absolute atomic E-state index is 0.121. The number of nitrogens with zero attached hydrogens (tertiary/aromatic N) is 2. The number of hydrogen-bond donors (Lipinski definition) is 1. The van der Waals surface area contributed by atoms with Crippen molar-refractivity contribution in [3.8, 4) is 0 Å². The topological polar surface area (TPSA) is 79.4 Å². The van der Waals surface area contributed by atoms with Crippen LogP contribution in [-0.2, 0) is 21.2 Å². The van der Waals surface area contributed by atoms with Crippen LogP contribution < -0.4 is 4.72 Å². The second-order valence-corrected chi connectivity index (χ2v) is 8.40. The van der Waals surface area contributed by atoms with Gasteiger partial charge in [0, 0.05) is 43.9 Å². The Bertz CT molecular complexity index is 636. The molecule has 0 spiro atoms. The fraction of sp³-hybridized carbons (Fsp3) is 0.625. The molecule has 0 bridgehead atoms. The van der Waals surface area contributed by atoms with Crippen molar-refractivity contribution < 1.29 is 13.2 Å². The molecule has 0 atom stereocenters. The number of likely N-dealkylation sites (tertiary alicyclic amines) is 1. The Labute approximate surface area is 137 Å². The van der Waals surface area contributed by atoms with Crippen molar-refractivity contribution in [3.05, 3.63) is 30.1 Å². The highest BCUT2D eigenvalue weighted by atomic mass is 32.2. The normalized spacial score (nSPS) is 19.7. The monoisotopic (exact) mass is 337 g/mol. The Hall–Kier alpha value is -1.47. The van der Waals surface area contributed by atoms with Crippen LogP contribution in [0.4, 0.5) is 0 Å². The van der Waals surface area contributed by atoms with E-state index in [1.165, 1.54) is 0 Å². The maximum Gasteiger partial charge on any atom is 0.225 e. The smallest absolute Gasteiger partial charge is 0.225 e. The average Bonchev–Trinajstić information content (AvgIpc) is 3.00. The van der Waals surface area contributed by atoms with E-state index >= 15 is 0 Å². The molecule has 1 saturated carbocycles. The zero-order valence-corrected chi connectivity index (χ0v) is 14.0. The Morgan fingerprint density at radius 1 is 1.26 bits per heavy atom. The minimum Gasteiger partial charge on any atom is -0.340 e. The van der Waals surface area contributed by atoms with E-state index in [2.05, 4.69) is 9.71 Å². The maximum atomic E-state index is 12.2. The van der Waals surface area contributed by atoms with Crippen LogP contribution in [0.5, 0.6) is 0 Å². The lowest BCUT2D eigenvalue weighted by Gasteiger charge is -2.39. The van der Waals surface area contributed by atoms with Crippen LogP contribution in [0.1, 0.15) is 31.4 Å². The Morgan fingerprint density at radius 2 is 2.00 bits per heavy atom. The van der Waals surface area contributed by atoms with Crippen molar-refractivity contribution in [2.75, 3.05) is 19.6 Å². The van der Waals surface area contributed by atoms with E-state index in [1.807, 2.05) is 18.2 Å². The second kappa shape index (κ2) is 6.97. The number of sulfonamides is 1. The van der Waals surface area contributed by atoms with Crippen molar-refractivity contribution in [3.63, 3.8) is 0 Å². The highest BCUT2D eigenvalue weighted by Gasteiger charge is 2.41. The van der Waals surface area contributed by atoms with Gasteiger partial charge in [-0.2, -0.15) is 0 Å². The second-order valence-electron chi connectivity index (χ2n) is 6.36. The van der Waals surface area contributed by atoms with Gasteiger partial charge in [-0.1, -0.05) is 18.9 Å². The summed E-state index contributed by atoms with van der Waals surface area (Å²) < 4.78 is 27.1. The van der Waals surface area contributed by atoms with E-state index in [0.29, 0.717) is 26.1 Å². The number of pyridine rings is 1. The zero-order chi connectivity index (χ0) is 16.3. The van der Waals surface area contributed by atoms with Crippen LogP contribution in [0.3, 0.4) is 0 Å². The Morgan fingerprint density at radius 3 is 2.65 bits per heavy atom. The summed E-state index contributed by atoms with van der Waals surface area (Å²) in [6.45, 7) is 0.995. The molecule has 6 nitrogen and oxygen atoms in total. The van der Waals surface area contributed by atoms with Crippen LogP contribution in [0.15, 0.2) is 24.4 Å².